The number of anilines is 3. The smallest absolute Gasteiger partial charge is 0.143 e. The lowest BCUT2D eigenvalue weighted by atomic mass is 9.68. The monoisotopic (exact) mass is 877 g/mol. The van der Waals surface area contributed by atoms with Crippen LogP contribution in [0.4, 0.5) is 17.1 Å². The Bertz CT molecular complexity index is 4090. The van der Waals surface area contributed by atoms with Gasteiger partial charge in [-0.25, -0.2) is 0 Å². The Kier molecular flexibility index (Phi) is 8.84. The van der Waals surface area contributed by atoms with E-state index < -0.39 is 5.41 Å². The highest BCUT2D eigenvalue weighted by molar-refractivity contribution is 6.20. The second-order valence-corrected chi connectivity index (χ2v) is 18.3. The predicted molar refractivity (Wildman–Crippen MR) is 289 cm³/mol. The molecule has 0 saturated carbocycles. The molecule has 322 valence electrons. The molecule has 12 aromatic carbocycles. The van der Waals surface area contributed by atoms with Crippen molar-refractivity contribution in [1.29, 1.82) is 0 Å². The second kappa shape index (κ2) is 15.6. The van der Waals surface area contributed by atoms with Gasteiger partial charge in [0.1, 0.15) is 11.2 Å². The van der Waals surface area contributed by atoms with E-state index in [9.17, 15) is 0 Å². The van der Waals surface area contributed by atoms with Crippen LogP contribution in [0.2, 0.25) is 0 Å². The van der Waals surface area contributed by atoms with E-state index in [-0.39, 0.29) is 0 Å². The molecule has 0 atom stereocenters. The standard InChI is InChI=1S/C67H43NO/c1-3-19-49(20-4-1)67(50-21-5-2-6-22-50)59-28-13-11-26-57(59)65-60(67)29-16-31-62(65)68(51-39-35-44(36-40-51)47-38-41-53-48(43-47)34-33-45-17-7-9-23-52(45)53)61-30-14-12-25-55(61)56-27-15-32-63-64(56)58-42-37-46-18-8-10-24-54(46)66(58)69-63/h1-43H. The number of hydrogen-bond acceptors (Lipinski definition) is 2. The Hall–Kier alpha value is -8.98. The van der Waals surface area contributed by atoms with Gasteiger partial charge < -0.3 is 9.32 Å². The van der Waals surface area contributed by atoms with E-state index in [1.54, 1.807) is 0 Å². The van der Waals surface area contributed by atoms with E-state index in [0.717, 1.165) is 60.9 Å². The SMILES string of the molecule is c1ccc(C2(c3ccccc3)c3ccccc3-c3c(N(c4ccc(-c5ccc6c(ccc7ccccc76)c5)cc4)c4ccccc4-c4cccc5oc6c7ccccc7ccc6c45)cccc32)cc1. The molecular weight excluding hydrogens is 835 g/mol. The van der Waals surface area contributed by atoms with Crippen molar-refractivity contribution in [2.75, 3.05) is 4.90 Å². The molecule has 0 saturated heterocycles. The minimum Gasteiger partial charge on any atom is -0.455 e. The normalized spacial score (nSPS) is 12.8. The maximum atomic E-state index is 6.79. The topological polar surface area (TPSA) is 16.4 Å². The minimum absolute atomic E-state index is 0.551. The molecule has 0 amide bonds. The summed E-state index contributed by atoms with van der Waals surface area (Å²) in [5, 5.41) is 9.54. The first-order valence-electron chi connectivity index (χ1n) is 23.8. The molecule has 2 nitrogen and oxygen atoms in total. The van der Waals surface area contributed by atoms with Crippen molar-refractivity contribution in [3.05, 3.63) is 283 Å². The summed E-state index contributed by atoms with van der Waals surface area (Å²) in [5.74, 6) is 0. The van der Waals surface area contributed by atoms with Crippen molar-refractivity contribution < 1.29 is 4.42 Å². The lowest BCUT2D eigenvalue weighted by Crippen LogP contribution is -2.28. The van der Waals surface area contributed by atoms with E-state index in [0.29, 0.717) is 0 Å². The number of furan rings is 1. The molecule has 0 fully saturated rings. The summed E-state index contributed by atoms with van der Waals surface area (Å²) >= 11 is 0. The molecule has 1 heterocycles. The first-order valence-corrected chi connectivity index (χ1v) is 23.8. The van der Waals surface area contributed by atoms with E-state index in [2.05, 4.69) is 266 Å². The molecule has 0 spiro atoms. The van der Waals surface area contributed by atoms with Crippen LogP contribution in [0.3, 0.4) is 0 Å². The quantitative estimate of drug-likeness (QED) is 0.148. The van der Waals surface area contributed by atoms with Crippen LogP contribution in [0.5, 0.6) is 0 Å². The van der Waals surface area contributed by atoms with Crippen LogP contribution in [0.15, 0.2) is 265 Å². The molecule has 69 heavy (non-hydrogen) atoms. The van der Waals surface area contributed by atoms with Crippen molar-refractivity contribution in [3.8, 4) is 33.4 Å². The summed E-state index contributed by atoms with van der Waals surface area (Å²) in [7, 11) is 0. The zero-order valence-corrected chi connectivity index (χ0v) is 37.7. The van der Waals surface area contributed by atoms with Gasteiger partial charge in [-0.15, -0.1) is 0 Å². The van der Waals surface area contributed by atoms with E-state index in [1.165, 1.54) is 66.1 Å². The summed E-state index contributed by atoms with van der Waals surface area (Å²) in [6.45, 7) is 0. The lowest BCUT2D eigenvalue weighted by molar-refractivity contribution is 0.673. The Morgan fingerprint density at radius 3 is 1.68 bits per heavy atom. The van der Waals surface area contributed by atoms with Crippen molar-refractivity contribution in [1.82, 2.24) is 0 Å². The van der Waals surface area contributed by atoms with Gasteiger partial charge in [-0.1, -0.05) is 218 Å². The molecule has 0 aliphatic heterocycles. The first kappa shape index (κ1) is 39.2. The van der Waals surface area contributed by atoms with Crippen molar-refractivity contribution in [2.24, 2.45) is 0 Å². The molecule has 14 rings (SSSR count). The zero-order valence-electron chi connectivity index (χ0n) is 37.7. The van der Waals surface area contributed by atoms with E-state index in [4.69, 9.17) is 4.42 Å². The highest BCUT2D eigenvalue weighted by atomic mass is 16.3. The lowest BCUT2D eigenvalue weighted by Gasteiger charge is -2.34. The number of nitrogens with zero attached hydrogens (tertiary/aromatic N) is 1. The van der Waals surface area contributed by atoms with Gasteiger partial charge in [0.05, 0.1) is 16.8 Å². The van der Waals surface area contributed by atoms with Gasteiger partial charge in [-0.3, -0.25) is 0 Å². The number of benzene rings is 12. The van der Waals surface area contributed by atoms with E-state index in [1.807, 2.05) is 0 Å². The minimum atomic E-state index is -0.551. The summed E-state index contributed by atoms with van der Waals surface area (Å²) in [6, 6.07) is 95.7. The predicted octanol–water partition coefficient (Wildman–Crippen LogP) is 18.2. The maximum Gasteiger partial charge on any atom is 0.143 e. The maximum absolute atomic E-state index is 6.79. The van der Waals surface area contributed by atoms with Crippen molar-refractivity contribution in [3.63, 3.8) is 0 Å². The fourth-order valence-electron chi connectivity index (χ4n) is 11.7. The first-order chi connectivity index (χ1) is 34.2. The third-order valence-corrected chi connectivity index (χ3v) is 14.7. The fraction of sp³-hybridized carbons (Fsp3) is 0.0149. The van der Waals surface area contributed by atoms with Gasteiger partial charge >= 0.3 is 0 Å². The number of para-hydroxylation sites is 1. The van der Waals surface area contributed by atoms with Crippen LogP contribution in [-0.2, 0) is 5.41 Å². The van der Waals surface area contributed by atoms with Crippen LogP contribution in [0.1, 0.15) is 22.3 Å². The van der Waals surface area contributed by atoms with Gasteiger partial charge in [0.15, 0.2) is 0 Å². The Balaban J connectivity index is 1.02. The number of rotatable bonds is 7. The van der Waals surface area contributed by atoms with Gasteiger partial charge in [0, 0.05) is 33.0 Å². The molecule has 1 aliphatic carbocycles. The average molecular weight is 878 g/mol. The second-order valence-electron chi connectivity index (χ2n) is 18.3. The highest BCUT2D eigenvalue weighted by Crippen LogP contribution is 2.60. The Labute approximate surface area is 400 Å². The van der Waals surface area contributed by atoms with Crippen LogP contribution < -0.4 is 4.90 Å². The molecule has 1 aromatic heterocycles. The Morgan fingerprint density at radius 2 is 0.884 bits per heavy atom. The third-order valence-electron chi connectivity index (χ3n) is 14.7. The summed E-state index contributed by atoms with van der Waals surface area (Å²) in [4.78, 5) is 2.50. The van der Waals surface area contributed by atoms with Gasteiger partial charge in [0.2, 0.25) is 0 Å². The van der Waals surface area contributed by atoms with Crippen LogP contribution in [0.25, 0.3) is 87.6 Å². The highest BCUT2D eigenvalue weighted by Gasteiger charge is 2.47. The van der Waals surface area contributed by atoms with Crippen LogP contribution in [0, 0.1) is 0 Å². The van der Waals surface area contributed by atoms with Crippen molar-refractivity contribution >= 4 is 71.3 Å². The number of fused-ring (bicyclic) bond motifs is 11. The molecule has 2 heteroatoms. The van der Waals surface area contributed by atoms with Gasteiger partial charge in [0.25, 0.3) is 0 Å². The van der Waals surface area contributed by atoms with Crippen LogP contribution in [-0.4, -0.2) is 0 Å². The molecule has 0 N–H and O–H groups in total. The summed E-state index contributed by atoms with van der Waals surface area (Å²) in [6.07, 6.45) is 0. The number of hydrogen-bond donors (Lipinski definition) is 0. The fourth-order valence-corrected chi connectivity index (χ4v) is 11.7. The summed E-state index contributed by atoms with van der Waals surface area (Å²) < 4.78 is 6.79. The molecule has 0 unspecified atom stereocenters. The molecule has 13 aromatic rings. The molecule has 1 aliphatic rings. The largest absolute Gasteiger partial charge is 0.455 e. The van der Waals surface area contributed by atoms with Gasteiger partial charge in [-0.2, -0.15) is 0 Å². The van der Waals surface area contributed by atoms with Crippen molar-refractivity contribution in [2.45, 2.75) is 5.41 Å². The van der Waals surface area contributed by atoms with Crippen LogP contribution >= 0.6 is 0 Å². The zero-order chi connectivity index (χ0) is 45.5. The Morgan fingerprint density at radius 1 is 0.333 bits per heavy atom. The average Bonchev–Trinajstić information content (AvgIpc) is 3.97. The summed E-state index contributed by atoms with van der Waals surface area (Å²) in [5.41, 5.74) is 16.6. The van der Waals surface area contributed by atoms with E-state index >= 15 is 0 Å². The third kappa shape index (κ3) is 5.92. The molecule has 0 radical (unpaired) electrons. The molecule has 0 bridgehead atoms. The molecular formula is C67H43NO. The van der Waals surface area contributed by atoms with Gasteiger partial charge in [-0.05, 0) is 114 Å².